The molecule has 134 valence electrons. The summed E-state index contributed by atoms with van der Waals surface area (Å²) < 4.78 is 0. The van der Waals surface area contributed by atoms with Crippen molar-refractivity contribution < 1.29 is 19.8 Å². The minimum absolute atomic E-state index is 0. The van der Waals surface area contributed by atoms with Gasteiger partial charge in [-0.15, -0.1) is 17.0 Å². The first-order valence-corrected chi connectivity index (χ1v) is 7.62. The Kier molecular flexibility index (Phi) is 8.83. The zero-order valence-corrected chi connectivity index (χ0v) is 15.2. The first-order valence-electron chi connectivity index (χ1n) is 7.62. The molecule has 0 fully saturated rings. The maximum atomic E-state index is 11.4. The summed E-state index contributed by atoms with van der Waals surface area (Å²) in [6.07, 6.45) is 0. The molecule has 0 aliphatic heterocycles. The summed E-state index contributed by atoms with van der Waals surface area (Å²) in [4.78, 5) is 22.8. The van der Waals surface area contributed by atoms with Crippen LogP contribution in [0, 0.1) is 0 Å². The van der Waals surface area contributed by atoms with E-state index in [1.54, 1.807) is 48.5 Å². The minimum Gasteiger partial charge on any atom is -0.480 e. The van der Waals surface area contributed by atoms with Crippen molar-refractivity contribution in [2.24, 2.45) is 0 Å². The molecule has 25 heavy (non-hydrogen) atoms. The van der Waals surface area contributed by atoms with Crippen molar-refractivity contribution in [1.29, 1.82) is 0 Å². The van der Waals surface area contributed by atoms with Crippen molar-refractivity contribution in [3.63, 3.8) is 0 Å². The number of hydrogen-bond acceptors (Lipinski definition) is 4. The third kappa shape index (κ3) is 6.30. The Balaban J connectivity index is 0.00000312. The molecule has 7 heteroatoms. The number of aliphatic carboxylic acids is 2. The average Bonchev–Trinajstić information content (AvgIpc) is 2.59. The minimum atomic E-state index is -0.973. The lowest BCUT2D eigenvalue weighted by Crippen LogP contribution is -2.37. The van der Waals surface area contributed by atoms with Gasteiger partial charge in [0.2, 0.25) is 0 Å². The van der Waals surface area contributed by atoms with Crippen LogP contribution in [0.3, 0.4) is 0 Å². The van der Waals surface area contributed by atoms with Crippen LogP contribution < -0.4 is 10.6 Å². The average molecular weight is 409 g/mol. The molecule has 0 saturated heterocycles. The van der Waals surface area contributed by atoms with Gasteiger partial charge in [-0.1, -0.05) is 60.7 Å². The van der Waals surface area contributed by atoms with E-state index in [4.69, 9.17) is 0 Å². The summed E-state index contributed by atoms with van der Waals surface area (Å²) >= 11 is 0. The maximum Gasteiger partial charge on any atom is 0.325 e. The van der Waals surface area contributed by atoms with E-state index in [9.17, 15) is 19.8 Å². The highest BCUT2D eigenvalue weighted by Crippen LogP contribution is 2.13. The molecule has 0 spiro atoms. The molecule has 6 nitrogen and oxygen atoms in total. The SMILES string of the molecule is Br.O=C(O)C(NCCNC(C(=O)O)c1ccccc1)c1ccccc1. The zero-order valence-electron chi connectivity index (χ0n) is 13.5. The smallest absolute Gasteiger partial charge is 0.325 e. The molecule has 4 N–H and O–H groups in total. The van der Waals surface area contributed by atoms with E-state index in [0.29, 0.717) is 24.2 Å². The van der Waals surface area contributed by atoms with Gasteiger partial charge in [-0.05, 0) is 11.1 Å². The Morgan fingerprint density at radius 2 is 1.04 bits per heavy atom. The quantitative estimate of drug-likeness (QED) is 0.475. The summed E-state index contributed by atoms with van der Waals surface area (Å²) in [5, 5.41) is 24.5. The van der Waals surface area contributed by atoms with Gasteiger partial charge in [0, 0.05) is 13.1 Å². The predicted octanol–water partition coefficient (Wildman–Crippen LogP) is 2.40. The summed E-state index contributed by atoms with van der Waals surface area (Å²) in [7, 11) is 0. The van der Waals surface area contributed by atoms with Gasteiger partial charge in [0.25, 0.3) is 0 Å². The number of carboxylic acid groups (broad SMARTS) is 2. The van der Waals surface area contributed by atoms with Crippen LogP contribution >= 0.6 is 17.0 Å². The zero-order chi connectivity index (χ0) is 17.4. The number of carboxylic acids is 2. The van der Waals surface area contributed by atoms with Crippen LogP contribution in [-0.2, 0) is 9.59 Å². The highest BCUT2D eigenvalue weighted by Gasteiger charge is 2.20. The Hall–Kier alpha value is -2.22. The molecule has 0 saturated carbocycles. The Morgan fingerprint density at radius 3 is 1.32 bits per heavy atom. The predicted molar refractivity (Wildman–Crippen MR) is 100.0 cm³/mol. The molecule has 0 heterocycles. The first-order chi connectivity index (χ1) is 11.6. The van der Waals surface area contributed by atoms with E-state index >= 15 is 0 Å². The third-order valence-electron chi connectivity index (χ3n) is 3.58. The van der Waals surface area contributed by atoms with Gasteiger partial charge in [0.05, 0.1) is 0 Å². The van der Waals surface area contributed by atoms with E-state index in [1.165, 1.54) is 0 Å². The fourth-order valence-electron chi connectivity index (χ4n) is 2.42. The number of carbonyl (C=O) groups is 2. The normalized spacial score (nSPS) is 12.6. The maximum absolute atomic E-state index is 11.4. The van der Waals surface area contributed by atoms with Crippen LogP contribution in [0.4, 0.5) is 0 Å². The van der Waals surface area contributed by atoms with E-state index in [1.807, 2.05) is 12.1 Å². The van der Waals surface area contributed by atoms with Gasteiger partial charge in [-0.25, -0.2) is 0 Å². The summed E-state index contributed by atoms with van der Waals surface area (Å²) in [6, 6.07) is 16.1. The second-order valence-electron chi connectivity index (χ2n) is 5.27. The van der Waals surface area contributed by atoms with Crippen LogP contribution in [0.15, 0.2) is 60.7 Å². The highest BCUT2D eigenvalue weighted by atomic mass is 79.9. The monoisotopic (exact) mass is 408 g/mol. The molecular weight excluding hydrogens is 388 g/mol. The van der Waals surface area contributed by atoms with Crippen molar-refractivity contribution in [2.75, 3.05) is 13.1 Å². The van der Waals surface area contributed by atoms with Gasteiger partial charge in [-0.3, -0.25) is 20.2 Å². The molecule has 0 aliphatic carbocycles. The van der Waals surface area contributed by atoms with E-state index < -0.39 is 24.0 Å². The summed E-state index contributed by atoms with van der Waals surface area (Å²) in [6.45, 7) is 0.644. The molecule has 0 bridgehead atoms. The molecule has 0 radical (unpaired) electrons. The van der Waals surface area contributed by atoms with Crippen LogP contribution in [0.2, 0.25) is 0 Å². The van der Waals surface area contributed by atoms with Crippen molar-refractivity contribution in [1.82, 2.24) is 10.6 Å². The molecule has 0 aromatic heterocycles. The highest BCUT2D eigenvalue weighted by molar-refractivity contribution is 8.93. The summed E-state index contributed by atoms with van der Waals surface area (Å²) in [5.74, 6) is -1.95. The number of halogens is 1. The molecule has 2 atom stereocenters. The lowest BCUT2D eigenvalue weighted by molar-refractivity contribution is -0.141. The van der Waals surface area contributed by atoms with Crippen LogP contribution in [0.5, 0.6) is 0 Å². The molecular formula is C18H21BrN2O4. The fourth-order valence-corrected chi connectivity index (χ4v) is 2.42. The lowest BCUT2D eigenvalue weighted by atomic mass is 10.1. The van der Waals surface area contributed by atoms with Gasteiger partial charge in [0.15, 0.2) is 0 Å². The van der Waals surface area contributed by atoms with Gasteiger partial charge in [-0.2, -0.15) is 0 Å². The molecule has 2 aromatic rings. The Bertz CT molecular complexity index is 608. The second kappa shape index (κ2) is 10.6. The van der Waals surface area contributed by atoms with E-state index in [2.05, 4.69) is 10.6 Å². The van der Waals surface area contributed by atoms with E-state index in [-0.39, 0.29) is 17.0 Å². The Morgan fingerprint density at radius 1 is 0.720 bits per heavy atom. The number of hydrogen-bond donors (Lipinski definition) is 4. The fraction of sp³-hybridized carbons (Fsp3) is 0.222. The van der Waals surface area contributed by atoms with Crippen LogP contribution in [0.1, 0.15) is 23.2 Å². The van der Waals surface area contributed by atoms with Crippen LogP contribution in [0.25, 0.3) is 0 Å². The van der Waals surface area contributed by atoms with Gasteiger partial charge >= 0.3 is 11.9 Å². The molecule has 0 amide bonds. The van der Waals surface area contributed by atoms with Crippen molar-refractivity contribution in [3.8, 4) is 0 Å². The van der Waals surface area contributed by atoms with Crippen molar-refractivity contribution in [3.05, 3.63) is 71.8 Å². The van der Waals surface area contributed by atoms with Gasteiger partial charge < -0.3 is 10.2 Å². The first kappa shape index (κ1) is 20.8. The van der Waals surface area contributed by atoms with Crippen molar-refractivity contribution in [2.45, 2.75) is 12.1 Å². The lowest BCUT2D eigenvalue weighted by Gasteiger charge is -2.18. The van der Waals surface area contributed by atoms with Crippen molar-refractivity contribution >= 4 is 28.9 Å². The number of rotatable bonds is 9. The van der Waals surface area contributed by atoms with Gasteiger partial charge in [0.1, 0.15) is 12.1 Å². The molecule has 0 aliphatic rings. The summed E-state index contributed by atoms with van der Waals surface area (Å²) in [5.41, 5.74) is 1.31. The third-order valence-corrected chi connectivity index (χ3v) is 3.58. The largest absolute Gasteiger partial charge is 0.480 e. The molecule has 2 unspecified atom stereocenters. The number of benzene rings is 2. The number of nitrogens with one attached hydrogen (secondary N) is 2. The topological polar surface area (TPSA) is 98.7 Å². The van der Waals surface area contributed by atoms with Crippen LogP contribution in [-0.4, -0.2) is 35.2 Å². The van der Waals surface area contributed by atoms with E-state index in [0.717, 1.165) is 0 Å². The Labute approximate surface area is 156 Å². The molecule has 2 aromatic carbocycles. The standard InChI is InChI=1S/C18H20N2O4.BrH/c21-17(22)15(13-7-3-1-4-8-13)19-11-12-20-16(18(23)24)14-9-5-2-6-10-14;/h1-10,15-16,19-20H,11-12H2,(H,21,22)(H,23,24);1H. The molecule has 2 rings (SSSR count). The second-order valence-corrected chi connectivity index (χ2v) is 5.27.